The molecule has 1 amide bonds. The van der Waals surface area contributed by atoms with E-state index < -0.39 is 17.8 Å². The number of carbonyl (C=O) groups excluding carboxylic acids is 1. The zero-order chi connectivity index (χ0) is 15.0. The average Bonchev–Trinajstić information content (AvgIpc) is 2.70. The van der Waals surface area contributed by atoms with E-state index >= 15 is 0 Å². The van der Waals surface area contributed by atoms with Gasteiger partial charge in [0.15, 0.2) is 0 Å². The van der Waals surface area contributed by atoms with Gasteiger partial charge in [-0.3, -0.25) is 14.2 Å². The lowest BCUT2D eigenvalue weighted by molar-refractivity contribution is -0.121. The number of carbonyl (C=O) groups is 2. The summed E-state index contributed by atoms with van der Waals surface area (Å²) < 4.78 is 1.28. The Morgan fingerprint density at radius 2 is 2.20 bits per heavy atom. The third-order valence-electron chi connectivity index (χ3n) is 3.07. The summed E-state index contributed by atoms with van der Waals surface area (Å²) in [6, 6.07) is 0. The number of primary amides is 1. The van der Waals surface area contributed by atoms with Gasteiger partial charge in [-0.2, -0.15) is 0 Å². The molecule has 0 aliphatic rings. The quantitative estimate of drug-likeness (QED) is 0.856. The van der Waals surface area contributed by atoms with Gasteiger partial charge in [0.1, 0.15) is 9.71 Å². The molecule has 0 fully saturated rings. The summed E-state index contributed by atoms with van der Waals surface area (Å²) in [5.74, 6) is -2.10. The molecule has 20 heavy (non-hydrogen) atoms. The summed E-state index contributed by atoms with van der Waals surface area (Å²) in [5, 5.41) is 9.34. The van der Waals surface area contributed by atoms with Crippen molar-refractivity contribution in [2.75, 3.05) is 0 Å². The molecule has 0 aliphatic carbocycles. The maximum absolute atomic E-state index is 12.3. The number of aromatic nitrogens is 2. The number of carboxylic acids is 1. The molecule has 0 bridgehead atoms. The Morgan fingerprint density at radius 1 is 1.55 bits per heavy atom. The molecule has 106 valence electrons. The third kappa shape index (κ3) is 2.29. The molecular formula is C12H13N3O4S. The smallest absolute Gasteiger partial charge is 0.346 e. The molecule has 0 radical (unpaired) electrons. The van der Waals surface area contributed by atoms with Crippen LogP contribution in [-0.2, 0) is 11.3 Å². The highest BCUT2D eigenvalue weighted by molar-refractivity contribution is 7.20. The first-order valence-corrected chi connectivity index (χ1v) is 6.65. The van der Waals surface area contributed by atoms with Crippen LogP contribution in [0, 0.1) is 12.8 Å². The largest absolute Gasteiger partial charge is 0.477 e. The molecule has 1 unspecified atom stereocenters. The number of amides is 1. The second-order valence-electron chi connectivity index (χ2n) is 4.55. The first-order valence-electron chi connectivity index (χ1n) is 5.84. The van der Waals surface area contributed by atoms with E-state index in [4.69, 9.17) is 10.8 Å². The van der Waals surface area contributed by atoms with Gasteiger partial charge < -0.3 is 10.8 Å². The normalized spacial score (nSPS) is 12.5. The summed E-state index contributed by atoms with van der Waals surface area (Å²) in [7, 11) is 0. The van der Waals surface area contributed by atoms with Crippen molar-refractivity contribution in [3.05, 3.63) is 27.1 Å². The predicted molar refractivity (Wildman–Crippen MR) is 73.9 cm³/mol. The first kappa shape index (κ1) is 14.2. The molecule has 0 aliphatic heterocycles. The van der Waals surface area contributed by atoms with Crippen LogP contribution < -0.4 is 11.3 Å². The van der Waals surface area contributed by atoms with E-state index in [2.05, 4.69) is 4.98 Å². The third-order valence-corrected chi connectivity index (χ3v) is 4.26. The van der Waals surface area contributed by atoms with Crippen LogP contribution >= 0.6 is 11.3 Å². The monoisotopic (exact) mass is 295 g/mol. The lowest BCUT2D eigenvalue weighted by Gasteiger charge is -2.09. The predicted octanol–water partition coefficient (Wildman–Crippen LogP) is 0.586. The summed E-state index contributed by atoms with van der Waals surface area (Å²) in [6.07, 6.45) is 1.31. The topological polar surface area (TPSA) is 115 Å². The van der Waals surface area contributed by atoms with Crippen LogP contribution in [0.15, 0.2) is 11.1 Å². The van der Waals surface area contributed by atoms with Crippen LogP contribution in [0.3, 0.4) is 0 Å². The lowest BCUT2D eigenvalue weighted by Crippen LogP contribution is -2.30. The molecule has 2 aromatic heterocycles. The Labute approximate surface area is 117 Å². The molecule has 8 heteroatoms. The van der Waals surface area contributed by atoms with Crippen molar-refractivity contribution in [3.8, 4) is 0 Å². The van der Waals surface area contributed by atoms with Crippen molar-refractivity contribution in [2.24, 2.45) is 11.7 Å². The Bertz CT molecular complexity index is 762. The van der Waals surface area contributed by atoms with Gasteiger partial charge in [0, 0.05) is 6.54 Å². The molecule has 2 aromatic rings. The molecule has 2 rings (SSSR count). The van der Waals surface area contributed by atoms with Gasteiger partial charge in [0.05, 0.1) is 17.6 Å². The number of nitrogens with two attached hydrogens (primary N) is 1. The van der Waals surface area contributed by atoms with Gasteiger partial charge in [-0.1, -0.05) is 6.92 Å². The van der Waals surface area contributed by atoms with Crippen LogP contribution in [0.2, 0.25) is 0 Å². The number of fused-ring (bicyclic) bond motifs is 1. The van der Waals surface area contributed by atoms with Crippen molar-refractivity contribution >= 4 is 33.4 Å². The molecule has 7 nitrogen and oxygen atoms in total. The fourth-order valence-electron chi connectivity index (χ4n) is 1.88. The van der Waals surface area contributed by atoms with E-state index in [1.165, 1.54) is 10.9 Å². The van der Waals surface area contributed by atoms with Crippen molar-refractivity contribution in [2.45, 2.75) is 20.4 Å². The number of aryl methyl sites for hydroxylation is 1. The van der Waals surface area contributed by atoms with Crippen LogP contribution in [-0.4, -0.2) is 26.5 Å². The van der Waals surface area contributed by atoms with E-state index in [0.717, 1.165) is 11.3 Å². The van der Waals surface area contributed by atoms with E-state index in [0.29, 0.717) is 10.4 Å². The maximum Gasteiger partial charge on any atom is 0.346 e. The summed E-state index contributed by atoms with van der Waals surface area (Å²) >= 11 is 0.964. The second kappa shape index (κ2) is 5.04. The number of thiophene rings is 1. The van der Waals surface area contributed by atoms with Crippen LogP contribution in [0.5, 0.6) is 0 Å². The Morgan fingerprint density at radius 3 is 2.75 bits per heavy atom. The summed E-state index contributed by atoms with van der Waals surface area (Å²) in [5.41, 5.74) is 5.21. The Balaban J connectivity index is 2.59. The van der Waals surface area contributed by atoms with Gasteiger partial charge in [-0.05, 0) is 12.5 Å². The van der Waals surface area contributed by atoms with Crippen LogP contribution in [0.1, 0.15) is 22.2 Å². The highest BCUT2D eigenvalue weighted by Gasteiger charge is 2.19. The average molecular weight is 295 g/mol. The molecule has 0 spiro atoms. The molecule has 1 atom stereocenters. The number of carboxylic acid groups (broad SMARTS) is 1. The number of rotatable bonds is 4. The molecule has 0 saturated heterocycles. The molecule has 3 N–H and O–H groups in total. The number of hydrogen-bond acceptors (Lipinski definition) is 5. The minimum absolute atomic E-state index is 0.102. The van der Waals surface area contributed by atoms with E-state index in [1.54, 1.807) is 13.8 Å². The highest BCUT2D eigenvalue weighted by atomic mass is 32.1. The van der Waals surface area contributed by atoms with Crippen LogP contribution in [0.4, 0.5) is 0 Å². The van der Waals surface area contributed by atoms with Gasteiger partial charge >= 0.3 is 5.97 Å². The van der Waals surface area contributed by atoms with Gasteiger partial charge in [-0.15, -0.1) is 11.3 Å². The molecule has 0 saturated carbocycles. The summed E-state index contributed by atoms with van der Waals surface area (Å²) in [4.78, 5) is 39.0. The second-order valence-corrected chi connectivity index (χ2v) is 5.55. The molecule has 0 aromatic carbocycles. The number of hydrogen-bond donors (Lipinski definition) is 2. The SMILES string of the molecule is Cc1c(C(=O)O)sc2ncn(CC(C)C(N)=O)c(=O)c12. The minimum Gasteiger partial charge on any atom is -0.477 e. The molecular weight excluding hydrogens is 282 g/mol. The van der Waals surface area contributed by atoms with Gasteiger partial charge in [0.25, 0.3) is 5.56 Å². The van der Waals surface area contributed by atoms with Gasteiger partial charge in [-0.25, -0.2) is 9.78 Å². The zero-order valence-electron chi connectivity index (χ0n) is 10.9. The van der Waals surface area contributed by atoms with E-state index in [1.807, 2.05) is 0 Å². The molecule has 2 heterocycles. The van der Waals surface area contributed by atoms with Crippen LogP contribution in [0.25, 0.3) is 10.2 Å². The van der Waals surface area contributed by atoms with Gasteiger partial charge in [0.2, 0.25) is 5.91 Å². The fraction of sp³-hybridized carbons (Fsp3) is 0.333. The minimum atomic E-state index is -1.08. The van der Waals surface area contributed by atoms with Crippen molar-refractivity contribution < 1.29 is 14.7 Å². The van der Waals surface area contributed by atoms with E-state index in [9.17, 15) is 14.4 Å². The first-order chi connectivity index (χ1) is 9.32. The maximum atomic E-state index is 12.3. The highest BCUT2D eigenvalue weighted by Crippen LogP contribution is 2.26. The number of aromatic carboxylic acids is 1. The summed E-state index contributed by atoms with van der Waals surface area (Å²) in [6.45, 7) is 3.31. The standard InChI is InChI=1S/C12H13N3O4S/c1-5(9(13)16)3-15-4-14-10-7(11(15)17)6(2)8(20-10)12(18)19/h4-5H,3H2,1-2H3,(H2,13,16)(H,18,19). The Hall–Kier alpha value is -2.22. The van der Waals surface area contributed by atoms with Crippen molar-refractivity contribution in [1.29, 1.82) is 0 Å². The van der Waals surface area contributed by atoms with Crippen molar-refractivity contribution in [3.63, 3.8) is 0 Å². The Kier molecular flexibility index (Phi) is 3.58. The van der Waals surface area contributed by atoms with E-state index in [-0.39, 0.29) is 22.4 Å². The van der Waals surface area contributed by atoms with Crippen molar-refractivity contribution in [1.82, 2.24) is 9.55 Å². The lowest BCUT2D eigenvalue weighted by atomic mass is 10.1. The number of nitrogens with zero attached hydrogens (tertiary/aromatic N) is 2. The zero-order valence-corrected chi connectivity index (χ0v) is 11.7. The fourth-order valence-corrected chi connectivity index (χ4v) is 2.86.